The van der Waals surface area contributed by atoms with Crippen molar-refractivity contribution in [1.82, 2.24) is 0 Å². The molecule has 6 heterocycles. The van der Waals surface area contributed by atoms with Gasteiger partial charge >= 0.3 is 72.4 Å². The molecule has 0 spiro atoms. The molecule has 0 radical (unpaired) electrons. The Labute approximate surface area is 398 Å². The van der Waals surface area contributed by atoms with E-state index in [4.69, 9.17) is 178 Å². The Morgan fingerprint density at radius 1 is 0.200 bits per heavy atom. The first kappa shape index (κ1) is 54.2. The third kappa shape index (κ3) is 14.6. The van der Waals surface area contributed by atoms with Crippen molar-refractivity contribution >= 4 is 165 Å². The Kier molecular flexibility index (Phi) is 23.3. The molecule has 20 nitrogen and oxygen atoms in total. The quantitative estimate of drug-likeness (QED) is 0.0503. The summed E-state index contributed by atoms with van der Waals surface area (Å²) in [5.41, 5.74) is 0. The van der Waals surface area contributed by atoms with Crippen molar-refractivity contribution in [3.8, 4) is 0 Å². The highest BCUT2D eigenvalue weighted by atomic mass is 35.5. The van der Waals surface area contributed by atoms with Crippen LogP contribution in [0.25, 0.3) is 0 Å². The number of rotatable bonds is 32. The fraction of sp³-hybridized carbons (Fsp3) is 1.00. The molecule has 0 aromatic carbocycles. The van der Waals surface area contributed by atoms with Gasteiger partial charge in [0.2, 0.25) is 0 Å². The first-order valence-electron chi connectivity index (χ1n) is 19.0. The smallest absolute Gasteiger partial charge is 0.352 e. The number of hydrogen-bond acceptors (Lipinski definition) is 20. The molecule has 0 amide bonds. The fourth-order valence-corrected chi connectivity index (χ4v) is 42.4. The maximum Gasteiger partial charge on any atom is 0.662 e. The molecule has 60 heavy (non-hydrogen) atoms. The van der Waals surface area contributed by atoms with Crippen LogP contribution >= 0.6 is 92.8 Å². The van der Waals surface area contributed by atoms with Gasteiger partial charge in [0, 0.05) is 99.9 Å². The van der Waals surface area contributed by atoms with Gasteiger partial charge in [0.05, 0.1) is 0 Å². The van der Waals surface area contributed by atoms with Crippen molar-refractivity contribution in [2.45, 2.75) is 51.4 Å². The molecule has 0 saturated carbocycles. The second-order valence-corrected chi connectivity index (χ2v) is 35.5. The lowest BCUT2D eigenvalue weighted by molar-refractivity contribution is -0.167. The summed E-state index contributed by atoms with van der Waals surface area (Å²) >= 11 is 49.1. The molecule has 6 rings (SSSR count). The monoisotopic (exact) mass is 1160 g/mol. The highest BCUT2D eigenvalue weighted by Crippen LogP contribution is 2.50. The van der Waals surface area contributed by atoms with Gasteiger partial charge < -0.3 is 84.8 Å². The average molecular weight is 1160 g/mol. The SMILES string of the molecule is ClCCCO[Si]12O[Si]3(OCCCCl)O[Si]4(OCCCCl)O[Si](OCCCCl)(O1)O[Si]1(OCCCCl)O[Si](OCCCCl)(O2)O[Si](OCCCCl)(O3)O[Si](OCCCCl)(O4)O1. The lowest BCUT2D eigenvalue weighted by atomic mass is 10.5. The summed E-state index contributed by atoms with van der Waals surface area (Å²) in [5, 5.41) is 0. The summed E-state index contributed by atoms with van der Waals surface area (Å²) in [7, 11) is -40.9. The van der Waals surface area contributed by atoms with E-state index >= 15 is 0 Å². The zero-order valence-electron chi connectivity index (χ0n) is 32.2. The van der Waals surface area contributed by atoms with Gasteiger partial charge in [-0.15, -0.1) is 92.8 Å². The summed E-state index contributed by atoms with van der Waals surface area (Å²) in [6.07, 6.45) is 2.05. The molecule has 6 aliphatic rings. The van der Waals surface area contributed by atoms with Crippen LogP contribution < -0.4 is 0 Å². The zero-order valence-corrected chi connectivity index (χ0v) is 46.2. The molecule has 6 saturated heterocycles. The van der Waals surface area contributed by atoms with Crippen LogP contribution in [-0.4, -0.2) is 172 Å². The fourth-order valence-electron chi connectivity index (χ4n) is 5.06. The normalized spacial score (nSPS) is 37.2. The van der Waals surface area contributed by atoms with Crippen molar-refractivity contribution < 1.29 is 84.8 Å². The van der Waals surface area contributed by atoms with Crippen LogP contribution in [0.2, 0.25) is 0 Å². The van der Waals surface area contributed by atoms with E-state index in [-0.39, 0.29) is 151 Å². The number of alkyl halides is 8. The topological polar surface area (TPSA) is 185 Å². The van der Waals surface area contributed by atoms with Gasteiger partial charge in [0.1, 0.15) is 0 Å². The minimum atomic E-state index is -5.11. The van der Waals surface area contributed by atoms with Crippen LogP contribution in [0.1, 0.15) is 51.4 Å². The van der Waals surface area contributed by atoms with Crippen molar-refractivity contribution in [3.05, 3.63) is 0 Å². The van der Waals surface area contributed by atoms with Crippen LogP contribution in [0.4, 0.5) is 0 Å². The Morgan fingerprint density at radius 2 is 0.300 bits per heavy atom. The van der Waals surface area contributed by atoms with Gasteiger partial charge in [-0.25, -0.2) is 0 Å². The summed E-state index contributed by atoms with van der Waals surface area (Å²) in [4.78, 5) is 0. The third-order valence-electron chi connectivity index (χ3n) is 7.45. The molecule has 0 aliphatic carbocycles. The van der Waals surface area contributed by atoms with Crippen LogP contribution in [-0.2, 0) is 84.8 Å². The lowest BCUT2D eigenvalue weighted by Gasteiger charge is -2.57. The Morgan fingerprint density at radius 3 is 0.383 bits per heavy atom. The summed E-state index contributed by atoms with van der Waals surface area (Å²) in [6, 6.07) is 0. The average Bonchev–Trinajstić information content (AvgIpc) is 3.16. The standard InChI is InChI=1S/C24H48Cl8O20Si8/c25-9-1-17-33-53-41-54(34-18-2-10-26)44-57(37-21-5-13-29)46-55(42-53,35-19-3-11-27)48-59(39-23-7-15-31)49-56(43-53,36-20-4-12-28)47-58(45-54,38-22-6-14-30)51-60(50-57,52-59)40-24-8-16-32/h1-24H2. The minimum Gasteiger partial charge on any atom is -0.352 e. The molecular weight excluding hydrogens is 1120 g/mol. The van der Waals surface area contributed by atoms with Gasteiger partial charge in [0.25, 0.3) is 0 Å². The Bertz CT molecular complexity index is 951. The van der Waals surface area contributed by atoms with E-state index in [1.807, 2.05) is 0 Å². The summed E-state index contributed by atoms with van der Waals surface area (Å²) in [6.45, 7) is -1.17. The molecule has 0 N–H and O–H groups in total. The first-order chi connectivity index (χ1) is 29.0. The Balaban J connectivity index is 1.88. The van der Waals surface area contributed by atoms with Crippen LogP contribution in [0.15, 0.2) is 0 Å². The van der Waals surface area contributed by atoms with E-state index in [0.29, 0.717) is 0 Å². The van der Waals surface area contributed by atoms with Crippen LogP contribution in [0, 0.1) is 0 Å². The second-order valence-electron chi connectivity index (χ2n) is 12.4. The number of hydrogen-bond donors (Lipinski definition) is 0. The molecule has 8 bridgehead atoms. The first-order valence-corrected chi connectivity index (χ1v) is 36.3. The van der Waals surface area contributed by atoms with Gasteiger partial charge in [-0.2, -0.15) is 0 Å². The molecule has 0 atom stereocenters. The third-order valence-corrected chi connectivity index (χ3v) is 38.1. The van der Waals surface area contributed by atoms with E-state index in [1.165, 1.54) is 0 Å². The minimum absolute atomic E-state index is 0.146. The Hall–Kier alpha value is 3.26. The van der Waals surface area contributed by atoms with Crippen molar-refractivity contribution in [1.29, 1.82) is 0 Å². The van der Waals surface area contributed by atoms with E-state index in [0.717, 1.165) is 0 Å². The predicted octanol–water partition coefficient (Wildman–Crippen LogP) is 4.90. The van der Waals surface area contributed by atoms with Crippen molar-refractivity contribution in [3.63, 3.8) is 0 Å². The largest absolute Gasteiger partial charge is 0.662 e. The van der Waals surface area contributed by atoms with Crippen molar-refractivity contribution in [2.75, 3.05) is 99.9 Å². The molecular formula is C24H48Cl8O20Si8. The maximum atomic E-state index is 6.88. The molecule has 352 valence electrons. The lowest BCUT2D eigenvalue weighted by Crippen LogP contribution is -2.91. The van der Waals surface area contributed by atoms with Gasteiger partial charge in [-0.3, -0.25) is 0 Å². The van der Waals surface area contributed by atoms with E-state index in [2.05, 4.69) is 0 Å². The molecule has 0 unspecified atom stereocenters. The van der Waals surface area contributed by atoms with Gasteiger partial charge in [-0.1, -0.05) is 0 Å². The van der Waals surface area contributed by atoms with E-state index < -0.39 is 72.4 Å². The van der Waals surface area contributed by atoms with E-state index in [1.54, 1.807) is 0 Å². The molecule has 36 heteroatoms. The highest BCUT2D eigenvalue weighted by Gasteiger charge is 2.91. The molecule has 6 aliphatic heterocycles. The van der Waals surface area contributed by atoms with E-state index in [9.17, 15) is 0 Å². The highest BCUT2D eigenvalue weighted by molar-refractivity contribution is 6.97. The summed E-state index contributed by atoms with van der Waals surface area (Å²) < 4.78 is 134. The molecule has 0 aromatic rings. The van der Waals surface area contributed by atoms with Crippen LogP contribution in [0.3, 0.4) is 0 Å². The van der Waals surface area contributed by atoms with Crippen molar-refractivity contribution in [2.24, 2.45) is 0 Å². The zero-order chi connectivity index (χ0) is 43.1. The maximum absolute atomic E-state index is 6.88. The van der Waals surface area contributed by atoms with Gasteiger partial charge in [-0.05, 0) is 51.4 Å². The van der Waals surface area contributed by atoms with Crippen LogP contribution in [0.5, 0.6) is 0 Å². The predicted molar refractivity (Wildman–Crippen MR) is 229 cm³/mol. The molecule has 0 aromatic heterocycles. The number of halogens is 8. The summed E-state index contributed by atoms with van der Waals surface area (Å²) in [5.74, 6) is 1.23. The molecule has 6 fully saturated rings. The van der Waals surface area contributed by atoms with Gasteiger partial charge in [0.15, 0.2) is 0 Å². The second kappa shape index (κ2) is 25.7.